The maximum Gasteiger partial charge on any atom is 0.131 e. The van der Waals surface area contributed by atoms with Gasteiger partial charge in [0.2, 0.25) is 0 Å². The van der Waals surface area contributed by atoms with Crippen molar-refractivity contribution < 1.29 is 5.11 Å². The molecule has 0 saturated heterocycles. The number of hydrogen-bond donors (Lipinski definition) is 3. The first-order valence-electron chi connectivity index (χ1n) is 6.24. The van der Waals surface area contributed by atoms with Crippen LogP contribution in [-0.4, -0.2) is 34.3 Å². The van der Waals surface area contributed by atoms with E-state index < -0.39 is 0 Å². The molecule has 94 valence electrons. The number of anilines is 2. The number of nitrogens with zero attached hydrogens (tertiary/aromatic N) is 2. The molecule has 0 amide bonds. The highest BCUT2D eigenvalue weighted by atomic mass is 16.3. The average molecular weight is 236 g/mol. The highest BCUT2D eigenvalue weighted by molar-refractivity contribution is 5.46. The van der Waals surface area contributed by atoms with Crippen LogP contribution in [0.4, 0.5) is 11.6 Å². The van der Waals surface area contributed by atoms with E-state index in [1.54, 1.807) is 0 Å². The molecule has 5 nitrogen and oxygen atoms in total. The summed E-state index contributed by atoms with van der Waals surface area (Å²) in [5, 5.41) is 16.3. The molecule has 5 heteroatoms. The quantitative estimate of drug-likeness (QED) is 0.696. The Morgan fingerprint density at radius 3 is 2.76 bits per heavy atom. The van der Waals surface area contributed by atoms with Crippen LogP contribution in [0.15, 0.2) is 12.4 Å². The predicted molar refractivity (Wildman–Crippen MR) is 68.1 cm³/mol. The molecule has 1 aliphatic rings. The van der Waals surface area contributed by atoms with Crippen LogP contribution in [0.3, 0.4) is 0 Å². The van der Waals surface area contributed by atoms with E-state index in [0.717, 1.165) is 30.9 Å². The Labute approximate surface area is 102 Å². The van der Waals surface area contributed by atoms with Gasteiger partial charge < -0.3 is 15.7 Å². The Morgan fingerprint density at radius 1 is 1.18 bits per heavy atom. The Bertz CT molecular complexity index is 358. The number of aliphatic hydroxyl groups excluding tert-OH is 1. The van der Waals surface area contributed by atoms with Crippen LogP contribution in [0.25, 0.3) is 0 Å². The molecule has 3 N–H and O–H groups in total. The standard InChI is InChI=1S/C12H20N4O/c1-13-11-7-12(15-8-14-11)16-9-5-3-2-4-6-10(9)17/h7-10,17H,2-6H2,1H3,(H2,13,14,15,16). The molecule has 17 heavy (non-hydrogen) atoms. The normalized spacial score (nSPS) is 25.1. The van der Waals surface area contributed by atoms with Crippen molar-refractivity contribution in [2.75, 3.05) is 17.7 Å². The van der Waals surface area contributed by atoms with Crippen LogP contribution in [0.2, 0.25) is 0 Å². The molecule has 0 radical (unpaired) electrons. The lowest BCUT2D eigenvalue weighted by molar-refractivity contribution is 0.144. The summed E-state index contributed by atoms with van der Waals surface area (Å²) in [5.74, 6) is 1.56. The van der Waals surface area contributed by atoms with Gasteiger partial charge in [0.1, 0.15) is 18.0 Å². The van der Waals surface area contributed by atoms with Crippen molar-refractivity contribution >= 4 is 11.6 Å². The number of aliphatic hydroxyl groups is 1. The van der Waals surface area contributed by atoms with Crippen LogP contribution in [-0.2, 0) is 0 Å². The van der Waals surface area contributed by atoms with Crippen molar-refractivity contribution in [2.24, 2.45) is 0 Å². The third kappa shape index (κ3) is 3.30. The predicted octanol–water partition coefficient (Wildman–Crippen LogP) is 1.62. The second-order valence-electron chi connectivity index (χ2n) is 4.49. The van der Waals surface area contributed by atoms with Gasteiger partial charge in [0.25, 0.3) is 0 Å². The third-order valence-corrected chi connectivity index (χ3v) is 3.24. The molecular formula is C12H20N4O. The van der Waals surface area contributed by atoms with Gasteiger partial charge in [-0.3, -0.25) is 0 Å². The molecule has 0 bridgehead atoms. The monoisotopic (exact) mass is 236 g/mol. The summed E-state index contributed by atoms with van der Waals surface area (Å²) in [6.45, 7) is 0. The summed E-state index contributed by atoms with van der Waals surface area (Å²) < 4.78 is 0. The molecule has 2 rings (SSSR count). The van der Waals surface area contributed by atoms with E-state index in [0.29, 0.717) is 0 Å². The lowest BCUT2D eigenvalue weighted by Crippen LogP contribution is -2.32. The van der Waals surface area contributed by atoms with Gasteiger partial charge in [0.05, 0.1) is 12.1 Å². The first-order chi connectivity index (χ1) is 8.29. The first-order valence-corrected chi connectivity index (χ1v) is 6.24. The summed E-state index contributed by atoms with van der Waals surface area (Å²) in [6, 6.07) is 1.97. The SMILES string of the molecule is CNc1cc(NC2CCCCCC2O)ncn1. The zero-order valence-corrected chi connectivity index (χ0v) is 10.2. The zero-order valence-electron chi connectivity index (χ0n) is 10.2. The Hall–Kier alpha value is -1.36. The molecule has 1 aromatic heterocycles. The lowest BCUT2D eigenvalue weighted by Gasteiger charge is -2.22. The van der Waals surface area contributed by atoms with Crippen molar-refractivity contribution in [3.8, 4) is 0 Å². The minimum Gasteiger partial charge on any atom is -0.391 e. The van der Waals surface area contributed by atoms with Gasteiger partial charge in [-0.25, -0.2) is 9.97 Å². The van der Waals surface area contributed by atoms with E-state index in [2.05, 4.69) is 20.6 Å². The first kappa shape index (κ1) is 12.1. The second-order valence-corrected chi connectivity index (χ2v) is 4.49. The van der Waals surface area contributed by atoms with Crippen LogP contribution in [0.5, 0.6) is 0 Å². The smallest absolute Gasteiger partial charge is 0.131 e. The Morgan fingerprint density at radius 2 is 1.94 bits per heavy atom. The van der Waals surface area contributed by atoms with Crippen LogP contribution >= 0.6 is 0 Å². The minimum atomic E-state index is -0.273. The zero-order chi connectivity index (χ0) is 12.1. The van der Waals surface area contributed by atoms with Gasteiger partial charge in [-0.1, -0.05) is 19.3 Å². The van der Waals surface area contributed by atoms with Gasteiger partial charge in [-0.2, -0.15) is 0 Å². The number of aromatic nitrogens is 2. The van der Waals surface area contributed by atoms with Gasteiger partial charge >= 0.3 is 0 Å². The number of rotatable bonds is 3. The molecule has 1 saturated carbocycles. The van der Waals surface area contributed by atoms with Gasteiger partial charge in [-0.15, -0.1) is 0 Å². The van der Waals surface area contributed by atoms with E-state index in [1.165, 1.54) is 19.2 Å². The van der Waals surface area contributed by atoms with Crippen molar-refractivity contribution in [1.29, 1.82) is 0 Å². The summed E-state index contributed by atoms with van der Waals surface area (Å²) in [6.07, 6.45) is 6.62. The lowest BCUT2D eigenvalue weighted by atomic mass is 10.1. The fourth-order valence-electron chi connectivity index (χ4n) is 2.22. The van der Waals surface area contributed by atoms with Gasteiger partial charge in [0, 0.05) is 13.1 Å². The summed E-state index contributed by atoms with van der Waals surface area (Å²) in [5.41, 5.74) is 0. The minimum absolute atomic E-state index is 0.108. The molecule has 2 atom stereocenters. The molecular weight excluding hydrogens is 216 g/mol. The van der Waals surface area contributed by atoms with Crippen molar-refractivity contribution in [2.45, 2.75) is 44.2 Å². The highest BCUT2D eigenvalue weighted by Gasteiger charge is 2.21. The fourth-order valence-corrected chi connectivity index (χ4v) is 2.22. The molecule has 1 fully saturated rings. The van der Waals surface area contributed by atoms with Gasteiger partial charge in [0.15, 0.2) is 0 Å². The molecule has 2 unspecified atom stereocenters. The molecule has 0 aromatic carbocycles. The molecule has 0 aliphatic heterocycles. The maximum atomic E-state index is 10.0. The molecule has 1 aliphatic carbocycles. The Balaban J connectivity index is 2.02. The topological polar surface area (TPSA) is 70.1 Å². The van der Waals surface area contributed by atoms with E-state index >= 15 is 0 Å². The van der Waals surface area contributed by atoms with E-state index in [4.69, 9.17) is 0 Å². The summed E-state index contributed by atoms with van der Waals surface area (Å²) in [4.78, 5) is 8.24. The van der Waals surface area contributed by atoms with Crippen molar-refractivity contribution in [3.05, 3.63) is 12.4 Å². The van der Waals surface area contributed by atoms with E-state index in [1.807, 2.05) is 13.1 Å². The highest BCUT2D eigenvalue weighted by Crippen LogP contribution is 2.21. The number of hydrogen-bond acceptors (Lipinski definition) is 5. The average Bonchev–Trinajstić information content (AvgIpc) is 2.55. The number of nitrogens with one attached hydrogen (secondary N) is 2. The van der Waals surface area contributed by atoms with Gasteiger partial charge in [-0.05, 0) is 12.8 Å². The van der Waals surface area contributed by atoms with Crippen molar-refractivity contribution in [1.82, 2.24) is 9.97 Å². The van der Waals surface area contributed by atoms with E-state index in [9.17, 15) is 5.11 Å². The Kier molecular flexibility index (Phi) is 4.14. The third-order valence-electron chi connectivity index (χ3n) is 3.24. The summed E-state index contributed by atoms with van der Waals surface area (Å²) in [7, 11) is 1.83. The largest absolute Gasteiger partial charge is 0.391 e. The molecule has 0 spiro atoms. The van der Waals surface area contributed by atoms with Crippen LogP contribution < -0.4 is 10.6 Å². The van der Waals surface area contributed by atoms with E-state index in [-0.39, 0.29) is 12.1 Å². The van der Waals surface area contributed by atoms with Crippen LogP contribution in [0.1, 0.15) is 32.1 Å². The van der Waals surface area contributed by atoms with Crippen LogP contribution in [0, 0.1) is 0 Å². The maximum absolute atomic E-state index is 10.0. The second kappa shape index (κ2) is 5.82. The fraction of sp³-hybridized carbons (Fsp3) is 0.667. The molecule has 1 aromatic rings. The molecule has 1 heterocycles. The summed E-state index contributed by atoms with van der Waals surface area (Å²) >= 11 is 0. The van der Waals surface area contributed by atoms with Crippen molar-refractivity contribution in [3.63, 3.8) is 0 Å².